The molecule has 1 atom stereocenters. The molecule has 1 aliphatic rings. The van der Waals surface area contributed by atoms with Gasteiger partial charge >= 0.3 is 6.03 Å². The second kappa shape index (κ2) is 6.25. The molecule has 0 radical (unpaired) electrons. The largest absolute Gasteiger partial charge is 0.494 e. The van der Waals surface area contributed by atoms with Gasteiger partial charge in [0.2, 0.25) is 5.82 Å². The smallest absolute Gasteiger partial charge is 0.322 e. The highest BCUT2D eigenvalue weighted by Gasteiger charge is 2.49. The lowest BCUT2D eigenvalue weighted by molar-refractivity contribution is -0.124. The van der Waals surface area contributed by atoms with Gasteiger partial charge in [-0.15, -0.1) is 0 Å². The predicted molar refractivity (Wildman–Crippen MR) is 86.7 cm³/mol. The lowest BCUT2D eigenvalue weighted by atomic mass is 9.89. The van der Waals surface area contributed by atoms with Crippen LogP contribution in [0.4, 0.5) is 13.6 Å². The van der Waals surface area contributed by atoms with E-state index in [1.165, 1.54) is 10.8 Å². The van der Waals surface area contributed by atoms with Crippen molar-refractivity contribution in [1.82, 2.24) is 15.2 Å². The summed E-state index contributed by atoms with van der Waals surface area (Å²) in [5.74, 6) is -3.68. The normalized spacial score (nSPS) is 19.2. The summed E-state index contributed by atoms with van der Waals surface area (Å²) >= 11 is 0. The molecule has 1 fully saturated rings. The van der Waals surface area contributed by atoms with E-state index in [2.05, 4.69) is 10.6 Å². The van der Waals surface area contributed by atoms with Gasteiger partial charge in [0.05, 0.1) is 13.7 Å². The summed E-state index contributed by atoms with van der Waals surface area (Å²) in [4.78, 5) is 36.6. The Morgan fingerprint density at radius 1 is 1.23 bits per heavy atom. The summed E-state index contributed by atoms with van der Waals surface area (Å²) < 4.78 is 33.8. The van der Waals surface area contributed by atoms with Crippen molar-refractivity contribution < 1.29 is 23.1 Å². The number of imide groups is 1. The molecule has 2 aromatic rings. The molecule has 0 spiro atoms. The fourth-order valence-electron chi connectivity index (χ4n) is 2.89. The van der Waals surface area contributed by atoms with Crippen LogP contribution in [0.2, 0.25) is 0 Å². The summed E-state index contributed by atoms with van der Waals surface area (Å²) in [7, 11) is 1.15. The van der Waals surface area contributed by atoms with Crippen LogP contribution < -0.4 is 20.9 Å². The van der Waals surface area contributed by atoms with Gasteiger partial charge in [-0.2, -0.15) is 4.39 Å². The van der Waals surface area contributed by atoms with Gasteiger partial charge in [0, 0.05) is 11.8 Å². The summed E-state index contributed by atoms with van der Waals surface area (Å²) in [5, 5.41) is 4.49. The number of amides is 3. The number of hydrogen-bond donors (Lipinski definition) is 2. The summed E-state index contributed by atoms with van der Waals surface area (Å²) in [5.41, 5.74) is -1.80. The standard InChI is InChI=1S/C17H15F2N3O4/c1-9-4-3-5-22(14(9)23)8-17(15(24)20-16(25)21-17)10-6-11(18)13(19)12(7-10)26-2/h3-7H,8H2,1-2H3,(H2,20,21,24,25). The Morgan fingerprint density at radius 3 is 2.58 bits per heavy atom. The summed E-state index contributed by atoms with van der Waals surface area (Å²) in [6.45, 7) is 1.29. The van der Waals surface area contributed by atoms with Crippen molar-refractivity contribution in [2.24, 2.45) is 0 Å². The highest BCUT2D eigenvalue weighted by molar-refractivity contribution is 6.07. The van der Waals surface area contributed by atoms with Gasteiger partial charge in [0.1, 0.15) is 0 Å². The van der Waals surface area contributed by atoms with Crippen molar-refractivity contribution in [3.63, 3.8) is 0 Å². The first-order valence-electron chi connectivity index (χ1n) is 7.61. The fourth-order valence-corrected chi connectivity index (χ4v) is 2.89. The third-order valence-electron chi connectivity index (χ3n) is 4.27. The molecule has 0 aliphatic carbocycles. The van der Waals surface area contributed by atoms with E-state index in [-0.39, 0.29) is 17.7 Å². The highest BCUT2D eigenvalue weighted by Crippen LogP contribution is 2.32. The number of halogens is 2. The van der Waals surface area contributed by atoms with Crippen molar-refractivity contribution >= 4 is 11.9 Å². The number of carbonyl (C=O) groups is 2. The second-order valence-electron chi connectivity index (χ2n) is 5.91. The Kier molecular flexibility index (Phi) is 4.23. The third kappa shape index (κ3) is 2.71. The lowest BCUT2D eigenvalue weighted by Crippen LogP contribution is -2.49. The minimum absolute atomic E-state index is 0.0509. The minimum Gasteiger partial charge on any atom is -0.494 e. The van der Waals surface area contributed by atoms with Crippen LogP contribution in [0, 0.1) is 18.6 Å². The zero-order valence-electron chi connectivity index (χ0n) is 13.9. The van der Waals surface area contributed by atoms with Crippen LogP contribution in [0.5, 0.6) is 5.75 Å². The average molecular weight is 363 g/mol. The van der Waals surface area contributed by atoms with Crippen LogP contribution in [0.3, 0.4) is 0 Å². The predicted octanol–water partition coefficient (Wildman–Crippen LogP) is 1.18. The van der Waals surface area contributed by atoms with E-state index >= 15 is 0 Å². The van der Waals surface area contributed by atoms with Crippen LogP contribution >= 0.6 is 0 Å². The Balaban J connectivity index is 2.20. The fraction of sp³-hybridized carbons (Fsp3) is 0.235. The van der Waals surface area contributed by atoms with Gasteiger partial charge < -0.3 is 14.6 Å². The Morgan fingerprint density at radius 2 is 1.96 bits per heavy atom. The molecule has 1 aromatic heterocycles. The van der Waals surface area contributed by atoms with E-state index in [4.69, 9.17) is 4.74 Å². The zero-order valence-corrected chi connectivity index (χ0v) is 13.9. The molecule has 0 saturated carbocycles. The molecule has 0 bridgehead atoms. The Labute approximate surface area is 146 Å². The van der Waals surface area contributed by atoms with Crippen molar-refractivity contribution in [2.75, 3.05) is 7.11 Å². The van der Waals surface area contributed by atoms with Gasteiger partial charge in [-0.1, -0.05) is 6.07 Å². The SMILES string of the molecule is COc1cc(C2(Cn3cccc(C)c3=O)NC(=O)NC2=O)cc(F)c1F. The highest BCUT2D eigenvalue weighted by atomic mass is 19.2. The van der Waals surface area contributed by atoms with Gasteiger partial charge in [-0.05, 0) is 30.7 Å². The van der Waals surface area contributed by atoms with Crippen LogP contribution in [0.25, 0.3) is 0 Å². The van der Waals surface area contributed by atoms with Crippen LogP contribution in [0.15, 0.2) is 35.3 Å². The number of urea groups is 1. The van der Waals surface area contributed by atoms with Gasteiger partial charge in [0.25, 0.3) is 11.5 Å². The molecule has 136 valence electrons. The van der Waals surface area contributed by atoms with E-state index in [9.17, 15) is 23.2 Å². The summed E-state index contributed by atoms with van der Waals surface area (Å²) in [6.07, 6.45) is 1.44. The van der Waals surface area contributed by atoms with E-state index < -0.39 is 34.9 Å². The topological polar surface area (TPSA) is 89.4 Å². The number of benzene rings is 1. The van der Waals surface area contributed by atoms with E-state index in [0.717, 1.165) is 19.2 Å². The number of pyridine rings is 1. The number of ether oxygens (including phenoxy) is 1. The number of hydrogen-bond acceptors (Lipinski definition) is 4. The molecule has 3 amide bonds. The van der Waals surface area contributed by atoms with Gasteiger partial charge in [0.15, 0.2) is 17.1 Å². The Bertz CT molecular complexity index is 973. The molecule has 2 N–H and O–H groups in total. The average Bonchev–Trinajstić information content (AvgIpc) is 2.88. The molecule has 1 unspecified atom stereocenters. The molecular formula is C17H15F2N3O4. The summed E-state index contributed by atoms with van der Waals surface area (Å²) in [6, 6.07) is 4.30. The number of aryl methyl sites for hydroxylation is 1. The second-order valence-corrected chi connectivity index (χ2v) is 5.91. The molecule has 2 heterocycles. The van der Waals surface area contributed by atoms with E-state index in [0.29, 0.717) is 5.56 Å². The number of carbonyl (C=O) groups excluding carboxylic acids is 2. The molecule has 1 aromatic carbocycles. The molecule has 9 heteroatoms. The van der Waals surface area contributed by atoms with Crippen molar-refractivity contribution in [3.05, 3.63) is 63.6 Å². The maximum atomic E-state index is 14.0. The first-order chi connectivity index (χ1) is 12.3. The van der Waals surface area contributed by atoms with Crippen LogP contribution in [-0.4, -0.2) is 23.6 Å². The molecular weight excluding hydrogens is 348 g/mol. The van der Waals surface area contributed by atoms with Crippen molar-refractivity contribution in [2.45, 2.75) is 19.0 Å². The van der Waals surface area contributed by atoms with E-state index in [1.807, 2.05) is 0 Å². The molecule has 1 saturated heterocycles. The minimum atomic E-state index is -1.80. The molecule has 3 rings (SSSR count). The Hall–Kier alpha value is -3.23. The number of aromatic nitrogens is 1. The van der Waals surface area contributed by atoms with Gasteiger partial charge in [-0.25, -0.2) is 9.18 Å². The molecule has 26 heavy (non-hydrogen) atoms. The lowest BCUT2D eigenvalue weighted by Gasteiger charge is -2.28. The molecule has 1 aliphatic heterocycles. The quantitative estimate of drug-likeness (QED) is 0.799. The van der Waals surface area contributed by atoms with E-state index in [1.54, 1.807) is 19.1 Å². The molecule has 7 nitrogen and oxygen atoms in total. The van der Waals surface area contributed by atoms with Crippen molar-refractivity contribution in [1.29, 1.82) is 0 Å². The number of nitrogens with one attached hydrogen (secondary N) is 2. The maximum Gasteiger partial charge on any atom is 0.322 e. The first-order valence-corrected chi connectivity index (χ1v) is 7.61. The maximum absolute atomic E-state index is 14.0. The monoisotopic (exact) mass is 363 g/mol. The number of nitrogens with zero attached hydrogens (tertiary/aromatic N) is 1. The third-order valence-corrected chi connectivity index (χ3v) is 4.27. The number of methoxy groups -OCH3 is 1. The number of rotatable bonds is 4. The van der Waals surface area contributed by atoms with Gasteiger partial charge in [-0.3, -0.25) is 14.9 Å². The zero-order chi connectivity index (χ0) is 19.1. The van der Waals surface area contributed by atoms with Crippen LogP contribution in [0.1, 0.15) is 11.1 Å². The first kappa shape index (κ1) is 17.6. The van der Waals surface area contributed by atoms with Crippen molar-refractivity contribution in [3.8, 4) is 5.75 Å². The van der Waals surface area contributed by atoms with Crippen LogP contribution in [-0.2, 0) is 16.9 Å².